The number of thioether (sulfide) groups is 1. The van der Waals surface area contributed by atoms with Crippen molar-refractivity contribution in [3.63, 3.8) is 0 Å². The van der Waals surface area contributed by atoms with Gasteiger partial charge in [0.1, 0.15) is 0 Å². The van der Waals surface area contributed by atoms with E-state index in [9.17, 15) is 4.79 Å². The number of carbonyl (C=O) groups is 1. The number of amides is 1. The van der Waals surface area contributed by atoms with Crippen LogP contribution in [0.1, 0.15) is 20.3 Å². The Morgan fingerprint density at radius 3 is 2.76 bits per heavy atom. The summed E-state index contributed by atoms with van der Waals surface area (Å²) in [5.74, 6) is 1.59. The third-order valence-electron chi connectivity index (χ3n) is 3.85. The second kappa shape index (κ2) is 9.63. The summed E-state index contributed by atoms with van der Waals surface area (Å²) < 4.78 is 7.51. The van der Waals surface area contributed by atoms with E-state index in [1.165, 1.54) is 11.8 Å². The number of ether oxygens (including phenoxy) is 1. The van der Waals surface area contributed by atoms with Gasteiger partial charge in [-0.3, -0.25) is 9.36 Å². The summed E-state index contributed by atoms with van der Waals surface area (Å²) in [7, 11) is 1.72. The molecular formula is C16H26N6O2S. The third-order valence-corrected chi connectivity index (χ3v) is 4.80. The van der Waals surface area contributed by atoms with Gasteiger partial charge in [0.15, 0.2) is 5.16 Å². The highest BCUT2D eigenvalue weighted by atomic mass is 32.2. The molecule has 138 valence electrons. The zero-order valence-electron chi connectivity index (χ0n) is 15.1. The number of anilines is 1. The number of hydrogen-bond donors (Lipinski definition) is 0. The third kappa shape index (κ3) is 5.61. The molecule has 0 atom stereocenters. The number of nitriles is 1. The van der Waals surface area contributed by atoms with Crippen LogP contribution < -0.4 is 4.90 Å². The van der Waals surface area contributed by atoms with E-state index in [0.29, 0.717) is 37.9 Å². The predicted molar refractivity (Wildman–Crippen MR) is 96.5 cm³/mol. The highest BCUT2D eigenvalue weighted by Crippen LogP contribution is 2.24. The summed E-state index contributed by atoms with van der Waals surface area (Å²) >= 11 is 1.40. The molecule has 1 amide bonds. The van der Waals surface area contributed by atoms with E-state index in [-0.39, 0.29) is 5.91 Å². The molecule has 2 rings (SSSR count). The highest BCUT2D eigenvalue weighted by Gasteiger charge is 2.22. The summed E-state index contributed by atoms with van der Waals surface area (Å²) in [6.45, 7) is 8.55. The van der Waals surface area contributed by atoms with E-state index in [1.807, 2.05) is 0 Å². The van der Waals surface area contributed by atoms with Gasteiger partial charge in [0.25, 0.3) is 0 Å². The minimum absolute atomic E-state index is 0.00716. The fraction of sp³-hybridized carbons (Fsp3) is 0.750. The molecule has 1 aromatic heterocycles. The maximum absolute atomic E-state index is 12.2. The van der Waals surface area contributed by atoms with Gasteiger partial charge in [0.05, 0.1) is 31.5 Å². The van der Waals surface area contributed by atoms with Gasteiger partial charge < -0.3 is 14.5 Å². The Bertz CT molecular complexity index is 606. The number of hydrogen-bond acceptors (Lipinski definition) is 7. The average Bonchev–Trinajstić information content (AvgIpc) is 3.00. The van der Waals surface area contributed by atoms with E-state index in [0.717, 1.165) is 30.7 Å². The minimum atomic E-state index is -0.00716. The quantitative estimate of drug-likeness (QED) is 0.640. The fourth-order valence-electron chi connectivity index (χ4n) is 2.49. The lowest BCUT2D eigenvalue weighted by Crippen LogP contribution is -2.38. The molecule has 0 unspecified atom stereocenters. The topological polar surface area (TPSA) is 87.3 Å². The molecule has 0 N–H and O–H groups in total. The Morgan fingerprint density at radius 1 is 1.40 bits per heavy atom. The molecule has 0 radical (unpaired) electrons. The lowest BCUT2D eigenvalue weighted by molar-refractivity contribution is -0.127. The van der Waals surface area contributed by atoms with E-state index in [1.54, 1.807) is 11.9 Å². The molecular weight excluding hydrogens is 340 g/mol. The first-order chi connectivity index (χ1) is 12.0. The maximum Gasteiger partial charge on any atom is 0.232 e. The highest BCUT2D eigenvalue weighted by molar-refractivity contribution is 7.99. The van der Waals surface area contributed by atoms with Crippen molar-refractivity contribution in [2.45, 2.75) is 32.0 Å². The van der Waals surface area contributed by atoms with Crippen LogP contribution in [0, 0.1) is 17.2 Å². The van der Waals surface area contributed by atoms with Crippen LogP contribution >= 0.6 is 11.8 Å². The Hall–Kier alpha value is -1.79. The van der Waals surface area contributed by atoms with Gasteiger partial charge >= 0.3 is 0 Å². The molecule has 25 heavy (non-hydrogen) atoms. The van der Waals surface area contributed by atoms with Gasteiger partial charge in [-0.1, -0.05) is 25.6 Å². The van der Waals surface area contributed by atoms with Crippen LogP contribution in [0.2, 0.25) is 0 Å². The minimum Gasteiger partial charge on any atom is -0.378 e. The second-order valence-electron chi connectivity index (χ2n) is 6.40. The molecule has 9 heteroatoms. The molecule has 0 bridgehead atoms. The largest absolute Gasteiger partial charge is 0.378 e. The predicted octanol–water partition coefficient (Wildman–Crippen LogP) is 1.23. The van der Waals surface area contributed by atoms with Crippen LogP contribution in [0.3, 0.4) is 0 Å². The molecule has 0 aromatic carbocycles. The van der Waals surface area contributed by atoms with Crippen LogP contribution in [-0.4, -0.2) is 71.2 Å². The van der Waals surface area contributed by atoms with Gasteiger partial charge in [-0.25, -0.2) is 0 Å². The van der Waals surface area contributed by atoms with Crippen molar-refractivity contribution in [2.75, 3.05) is 50.5 Å². The number of aromatic nitrogens is 3. The summed E-state index contributed by atoms with van der Waals surface area (Å²) in [5, 5.41) is 18.1. The lowest BCUT2D eigenvalue weighted by Gasteiger charge is -2.28. The Balaban J connectivity index is 2.05. The summed E-state index contributed by atoms with van der Waals surface area (Å²) in [4.78, 5) is 15.9. The molecule has 2 heterocycles. The summed E-state index contributed by atoms with van der Waals surface area (Å²) in [6.07, 6.45) is 0.345. The van der Waals surface area contributed by atoms with Crippen LogP contribution in [0.5, 0.6) is 0 Å². The number of carbonyl (C=O) groups excluding carboxylic acids is 1. The van der Waals surface area contributed by atoms with Crippen molar-refractivity contribution in [1.82, 2.24) is 19.7 Å². The van der Waals surface area contributed by atoms with Crippen molar-refractivity contribution in [1.29, 1.82) is 5.26 Å². The first kappa shape index (κ1) is 19.5. The van der Waals surface area contributed by atoms with Crippen LogP contribution in [0.15, 0.2) is 5.16 Å². The zero-order chi connectivity index (χ0) is 18.2. The van der Waals surface area contributed by atoms with E-state index in [4.69, 9.17) is 10.00 Å². The van der Waals surface area contributed by atoms with Crippen molar-refractivity contribution >= 4 is 23.6 Å². The summed E-state index contributed by atoms with van der Waals surface area (Å²) in [5.41, 5.74) is 0. The first-order valence-corrected chi connectivity index (χ1v) is 9.51. The second-order valence-corrected chi connectivity index (χ2v) is 7.34. The number of morpholine rings is 1. The van der Waals surface area contributed by atoms with Crippen molar-refractivity contribution in [3.05, 3.63) is 0 Å². The molecule has 0 aliphatic carbocycles. The molecule has 8 nitrogen and oxygen atoms in total. The molecule has 1 aromatic rings. The first-order valence-electron chi connectivity index (χ1n) is 8.52. The Morgan fingerprint density at radius 2 is 2.12 bits per heavy atom. The smallest absolute Gasteiger partial charge is 0.232 e. The van der Waals surface area contributed by atoms with E-state index in [2.05, 4.69) is 39.6 Å². The molecule has 1 aliphatic rings. The normalized spacial score (nSPS) is 14.6. The Kier molecular flexibility index (Phi) is 7.52. The SMILES string of the molecule is CC(C)Cn1c(SCC(=O)N(C)CCC#N)nnc1N1CCOCC1. The van der Waals surface area contributed by atoms with Crippen molar-refractivity contribution in [2.24, 2.45) is 5.92 Å². The van der Waals surface area contributed by atoms with Crippen LogP contribution in [0.25, 0.3) is 0 Å². The Labute approximate surface area is 153 Å². The van der Waals surface area contributed by atoms with Crippen LogP contribution in [0.4, 0.5) is 5.95 Å². The van der Waals surface area contributed by atoms with E-state index < -0.39 is 0 Å². The van der Waals surface area contributed by atoms with Crippen molar-refractivity contribution < 1.29 is 9.53 Å². The van der Waals surface area contributed by atoms with E-state index >= 15 is 0 Å². The average molecular weight is 366 g/mol. The number of nitrogens with zero attached hydrogens (tertiary/aromatic N) is 6. The molecule has 0 spiro atoms. The molecule has 1 aliphatic heterocycles. The molecule has 1 saturated heterocycles. The van der Waals surface area contributed by atoms with Gasteiger partial charge in [-0.05, 0) is 5.92 Å². The lowest BCUT2D eigenvalue weighted by atomic mass is 10.2. The van der Waals surface area contributed by atoms with Gasteiger partial charge in [0, 0.05) is 33.2 Å². The van der Waals surface area contributed by atoms with Gasteiger partial charge in [-0.2, -0.15) is 5.26 Å². The fourth-order valence-corrected chi connectivity index (χ4v) is 3.37. The van der Waals surface area contributed by atoms with Gasteiger partial charge in [-0.15, -0.1) is 10.2 Å². The number of rotatable bonds is 8. The summed E-state index contributed by atoms with van der Waals surface area (Å²) in [6, 6.07) is 2.05. The standard InChI is InChI=1S/C16H26N6O2S/c1-13(2)11-22-15(21-7-9-24-10-8-21)18-19-16(22)25-12-14(23)20(3)6-4-5-17/h13H,4,6-12H2,1-3H3. The monoisotopic (exact) mass is 366 g/mol. The van der Waals surface area contributed by atoms with Gasteiger partial charge in [0.2, 0.25) is 11.9 Å². The van der Waals surface area contributed by atoms with Crippen LogP contribution in [-0.2, 0) is 16.1 Å². The molecule has 0 saturated carbocycles. The van der Waals surface area contributed by atoms with Crippen molar-refractivity contribution in [3.8, 4) is 6.07 Å². The maximum atomic E-state index is 12.2. The molecule has 1 fully saturated rings. The zero-order valence-corrected chi connectivity index (χ0v) is 16.0.